The highest BCUT2D eigenvalue weighted by molar-refractivity contribution is 6.29. The number of hydrogen-bond donors (Lipinski definition) is 1. The second kappa shape index (κ2) is 11.4. The Bertz CT molecular complexity index is 257. The largest absolute Gasteiger partial charge is 0.385 e. The molecular formula is C10H17Cl3N2O. The van der Waals surface area contributed by atoms with Gasteiger partial charge in [0.25, 0.3) is 0 Å². The molecule has 16 heavy (non-hydrogen) atoms. The molecule has 0 spiro atoms. The van der Waals surface area contributed by atoms with Crippen molar-refractivity contribution in [3.8, 4) is 0 Å². The van der Waals surface area contributed by atoms with E-state index in [-0.39, 0.29) is 24.8 Å². The van der Waals surface area contributed by atoms with Gasteiger partial charge in [-0.1, -0.05) is 17.7 Å². The van der Waals surface area contributed by atoms with Gasteiger partial charge in [0.15, 0.2) is 0 Å². The Balaban J connectivity index is 0. The standard InChI is InChI=1S/C10H15ClN2O.2ClH/c1-14-6-2-5-12-7-9-3-4-10(11)13-8-9;;/h3-4,8,12H,2,5-7H2,1H3;2*1H. The smallest absolute Gasteiger partial charge is 0.129 e. The minimum atomic E-state index is 0. The first-order valence-electron chi connectivity index (χ1n) is 4.63. The maximum Gasteiger partial charge on any atom is 0.129 e. The Kier molecular flexibility index (Phi) is 13.1. The van der Waals surface area contributed by atoms with Gasteiger partial charge in [-0.25, -0.2) is 4.98 Å². The van der Waals surface area contributed by atoms with Gasteiger partial charge in [0, 0.05) is 26.5 Å². The fraction of sp³-hybridized carbons (Fsp3) is 0.500. The fourth-order valence-corrected chi connectivity index (χ4v) is 1.20. The minimum absolute atomic E-state index is 0. The summed E-state index contributed by atoms with van der Waals surface area (Å²) in [4.78, 5) is 3.99. The van der Waals surface area contributed by atoms with Crippen molar-refractivity contribution in [1.29, 1.82) is 0 Å². The van der Waals surface area contributed by atoms with E-state index in [0.717, 1.165) is 31.7 Å². The van der Waals surface area contributed by atoms with Crippen LogP contribution >= 0.6 is 36.4 Å². The molecule has 0 fully saturated rings. The van der Waals surface area contributed by atoms with Crippen LogP contribution < -0.4 is 5.32 Å². The summed E-state index contributed by atoms with van der Waals surface area (Å²) >= 11 is 5.67. The van der Waals surface area contributed by atoms with Crippen molar-refractivity contribution >= 4 is 36.4 Å². The second-order valence-corrected chi connectivity index (χ2v) is 3.40. The number of methoxy groups -OCH3 is 1. The summed E-state index contributed by atoms with van der Waals surface area (Å²) in [5.41, 5.74) is 1.15. The molecule has 1 rings (SSSR count). The average molecular weight is 288 g/mol. The number of rotatable bonds is 6. The molecule has 1 heterocycles. The van der Waals surface area contributed by atoms with Crippen LogP contribution in [0.4, 0.5) is 0 Å². The molecule has 0 aliphatic carbocycles. The molecule has 0 aromatic carbocycles. The number of pyridine rings is 1. The zero-order valence-corrected chi connectivity index (χ0v) is 11.5. The third kappa shape index (κ3) is 8.13. The summed E-state index contributed by atoms with van der Waals surface area (Å²) in [7, 11) is 1.71. The maximum absolute atomic E-state index is 5.67. The fourth-order valence-electron chi connectivity index (χ4n) is 1.09. The van der Waals surface area contributed by atoms with Crippen molar-refractivity contribution in [2.24, 2.45) is 0 Å². The Hall–Kier alpha value is -0.0600. The van der Waals surface area contributed by atoms with Crippen LogP contribution in [0.15, 0.2) is 18.3 Å². The molecule has 3 nitrogen and oxygen atoms in total. The summed E-state index contributed by atoms with van der Waals surface area (Å²) in [5, 5.41) is 3.83. The van der Waals surface area contributed by atoms with Crippen molar-refractivity contribution in [1.82, 2.24) is 10.3 Å². The van der Waals surface area contributed by atoms with Crippen LogP contribution in [0.3, 0.4) is 0 Å². The van der Waals surface area contributed by atoms with E-state index < -0.39 is 0 Å². The summed E-state index contributed by atoms with van der Waals surface area (Å²) in [6.07, 6.45) is 2.81. The zero-order chi connectivity index (χ0) is 10.2. The Morgan fingerprint density at radius 2 is 2.12 bits per heavy atom. The van der Waals surface area contributed by atoms with Crippen LogP contribution in [0.25, 0.3) is 0 Å². The maximum atomic E-state index is 5.67. The van der Waals surface area contributed by atoms with E-state index in [1.165, 1.54) is 0 Å². The lowest BCUT2D eigenvalue weighted by atomic mass is 10.3. The number of nitrogens with zero attached hydrogens (tertiary/aromatic N) is 1. The Labute approximate surface area is 114 Å². The number of nitrogens with one attached hydrogen (secondary N) is 1. The van der Waals surface area contributed by atoms with Gasteiger partial charge >= 0.3 is 0 Å². The molecule has 6 heteroatoms. The number of aromatic nitrogens is 1. The van der Waals surface area contributed by atoms with Gasteiger partial charge in [0.05, 0.1) is 0 Å². The lowest BCUT2D eigenvalue weighted by Gasteiger charge is -2.03. The van der Waals surface area contributed by atoms with Gasteiger partial charge in [-0.15, -0.1) is 24.8 Å². The highest BCUT2D eigenvalue weighted by Gasteiger charge is 1.93. The molecule has 94 valence electrons. The van der Waals surface area contributed by atoms with E-state index in [2.05, 4.69) is 10.3 Å². The van der Waals surface area contributed by atoms with Crippen molar-refractivity contribution in [2.75, 3.05) is 20.3 Å². The van der Waals surface area contributed by atoms with Crippen molar-refractivity contribution in [3.05, 3.63) is 29.0 Å². The molecule has 0 bridgehead atoms. The first kappa shape index (κ1) is 18.3. The van der Waals surface area contributed by atoms with Crippen LogP contribution in [0, 0.1) is 0 Å². The van der Waals surface area contributed by atoms with Crippen molar-refractivity contribution in [2.45, 2.75) is 13.0 Å². The zero-order valence-electron chi connectivity index (χ0n) is 9.11. The van der Waals surface area contributed by atoms with Gasteiger partial charge in [0.2, 0.25) is 0 Å². The normalized spacial score (nSPS) is 9.12. The summed E-state index contributed by atoms with van der Waals surface area (Å²) in [6, 6.07) is 3.77. The number of hydrogen-bond acceptors (Lipinski definition) is 3. The monoisotopic (exact) mass is 286 g/mol. The predicted molar refractivity (Wildman–Crippen MR) is 71.9 cm³/mol. The molecule has 1 aromatic heterocycles. The first-order chi connectivity index (χ1) is 6.83. The van der Waals surface area contributed by atoms with E-state index in [9.17, 15) is 0 Å². The molecule has 0 aliphatic rings. The third-order valence-electron chi connectivity index (χ3n) is 1.82. The summed E-state index contributed by atoms with van der Waals surface area (Å²) in [6.45, 7) is 2.58. The summed E-state index contributed by atoms with van der Waals surface area (Å²) in [5.74, 6) is 0. The quantitative estimate of drug-likeness (QED) is 0.645. The Morgan fingerprint density at radius 1 is 1.38 bits per heavy atom. The predicted octanol–water partition coefficient (Wildman–Crippen LogP) is 2.70. The van der Waals surface area contributed by atoms with Crippen LogP contribution in [-0.2, 0) is 11.3 Å². The van der Waals surface area contributed by atoms with Gasteiger partial charge in [-0.3, -0.25) is 0 Å². The van der Waals surface area contributed by atoms with Gasteiger partial charge in [-0.2, -0.15) is 0 Å². The van der Waals surface area contributed by atoms with Gasteiger partial charge in [-0.05, 0) is 24.6 Å². The molecule has 0 saturated carbocycles. The molecule has 0 amide bonds. The average Bonchev–Trinajstić information content (AvgIpc) is 2.21. The highest BCUT2D eigenvalue weighted by atomic mass is 35.5. The van der Waals surface area contributed by atoms with Crippen molar-refractivity contribution in [3.63, 3.8) is 0 Å². The van der Waals surface area contributed by atoms with Gasteiger partial charge < -0.3 is 10.1 Å². The molecule has 0 aliphatic heterocycles. The summed E-state index contributed by atoms with van der Waals surface area (Å²) < 4.78 is 4.94. The first-order valence-corrected chi connectivity index (χ1v) is 5.01. The third-order valence-corrected chi connectivity index (χ3v) is 2.04. The van der Waals surface area contributed by atoms with E-state index in [1.54, 1.807) is 19.4 Å². The molecule has 0 radical (unpaired) electrons. The number of halogens is 3. The molecule has 0 atom stereocenters. The number of ether oxygens (including phenoxy) is 1. The van der Waals surface area contributed by atoms with Crippen LogP contribution in [0.1, 0.15) is 12.0 Å². The molecule has 0 unspecified atom stereocenters. The van der Waals surface area contributed by atoms with Crippen LogP contribution in [0.5, 0.6) is 0 Å². The van der Waals surface area contributed by atoms with Crippen molar-refractivity contribution < 1.29 is 4.74 Å². The second-order valence-electron chi connectivity index (χ2n) is 3.01. The molecule has 1 N–H and O–H groups in total. The van der Waals surface area contributed by atoms with E-state index in [0.29, 0.717) is 5.15 Å². The molecule has 0 saturated heterocycles. The lowest BCUT2D eigenvalue weighted by Crippen LogP contribution is -2.16. The molecule has 1 aromatic rings. The highest BCUT2D eigenvalue weighted by Crippen LogP contribution is 2.04. The van der Waals surface area contributed by atoms with E-state index >= 15 is 0 Å². The van der Waals surface area contributed by atoms with E-state index in [4.69, 9.17) is 16.3 Å². The van der Waals surface area contributed by atoms with E-state index in [1.807, 2.05) is 6.07 Å². The lowest BCUT2D eigenvalue weighted by molar-refractivity contribution is 0.194. The molecular weight excluding hydrogens is 270 g/mol. The minimum Gasteiger partial charge on any atom is -0.385 e. The van der Waals surface area contributed by atoms with Gasteiger partial charge in [0.1, 0.15) is 5.15 Å². The topological polar surface area (TPSA) is 34.1 Å². The SMILES string of the molecule is COCCCNCc1ccc(Cl)nc1.Cl.Cl. The Morgan fingerprint density at radius 3 is 2.69 bits per heavy atom. The van der Waals surface area contributed by atoms with Crippen LogP contribution in [-0.4, -0.2) is 25.2 Å². The van der Waals surface area contributed by atoms with Crippen LogP contribution in [0.2, 0.25) is 5.15 Å².